The number of ether oxygens (including phenoxy) is 1. The second-order valence-corrected chi connectivity index (χ2v) is 15.4. The number of aryl methyl sites for hydroxylation is 1. The minimum atomic E-state index is -3.95. The lowest BCUT2D eigenvalue weighted by Gasteiger charge is -2.28. The molecule has 0 radical (unpaired) electrons. The van der Waals surface area contributed by atoms with E-state index in [4.69, 9.17) is 10.5 Å². The Morgan fingerprint density at radius 1 is 1.22 bits per heavy atom. The molecule has 3 fully saturated rings. The molecule has 12 nitrogen and oxygen atoms in total. The highest BCUT2D eigenvalue weighted by molar-refractivity contribution is 7.91. The maximum Gasteiger partial charge on any atom is 0.259 e. The van der Waals surface area contributed by atoms with Gasteiger partial charge in [0.2, 0.25) is 27.7 Å². The fourth-order valence-electron chi connectivity index (χ4n) is 6.39. The van der Waals surface area contributed by atoms with Crippen LogP contribution in [0.4, 0.5) is 4.39 Å². The zero-order chi connectivity index (χ0) is 32.9. The third-order valence-corrected chi connectivity index (χ3v) is 12.0. The van der Waals surface area contributed by atoms with E-state index >= 15 is 0 Å². The first-order chi connectivity index (χ1) is 21.9. The monoisotopic (exact) mass is 656 g/mol. The third kappa shape index (κ3) is 6.08. The van der Waals surface area contributed by atoms with E-state index in [-0.39, 0.29) is 30.8 Å². The summed E-state index contributed by atoms with van der Waals surface area (Å²) < 4.78 is 48.0. The summed E-state index contributed by atoms with van der Waals surface area (Å²) in [4.78, 5) is 51.6. The highest BCUT2D eigenvalue weighted by atomic mass is 32.2. The molecule has 2 aromatic rings. The molecule has 5 unspecified atom stereocenters. The molecule has 1 aromatic heterocycles. The lowest BCUT2D eigenvalue weighted by atomic mass is 10.1. The van der Waals surface area contributed by atoms with Gasteiger partial charge in [-0.2, -0.15) is 0 Å². The van der Waals surface area contributed by atoms with E-state index in [1.165, 1.54) is 11.0 Å². The normalized spacial score (nSPS) is 29.6. The summed E-state index contributed by atoms with van der Waals surface area (Å²) in [5.41, 5.74) is 5.80. The molecular formula is C32H41FN6O6S. The largest absolute Gasteiger partial charge is 0.471 e. The number of fused-ring (bicyclic) bond motifs is 3. The second kappa shape index (κ2) is 12.2. The number of carbonyl (C=O) groups excluding carboxylic acids is 3. The molecule has 0 spiro atoms. The van der Waals surface area contributed by atoms with Crippen molar-refractivity contribution in [3.05, 3.63) is 41.9 Å². The van der Waals surface area contributed by atoms with Crippen LogP contribution in [0.2, 0.25) is 0 Å². The number of hydrogen-bond acceptors (Lipinski definition) is 9. The number of carbonyl (C=O) groups is 3. The van der Waals surface area contributed by atoms with Gasteiger partial charge in [-0.3, -0.25) is 19.1 Å². The highest BCUT2D eigenvalue weighted by Gasteiger charge is 2.63. The van der Waals surface area contributed by atoms with E-state index in [2.05, 4.69) is 20.0 Å². The fraction of sp³-hybridized carbons (Fsp3) is 0.594. The predicted molar refractivity (Wildman–Crippen MR) is 167 cm³/mol. The Labute approximate surface area is 267 Å². The van der Waals surface area contributed by atoms with Gasteiger partial charge < -0.3 is 20.7 Å². The summed E-state index contributed by atoms with van der Waals surface area (Å²) in [5, 5.41) is 2.84. The number of sulfonamides is 1. The SMILES string of the molecule is CCc1nc2cccc(F)c2nc1OC1CC2C(=O)NC3(C(=O)NS(=O)(=O)C4(C)CC4)CC3C=CCCCCCC(N)C(=O)N2C1. The van der Waals surface area contributed by atoms with Gasteiger partial charge in [0.25, 0.3) is 5.91 Å². The van der Waals surface area contributed by atoms with Gasteiger partial charge in [-0.1, -0.05) is 38.0 Å². The van der Waals surface area contributed by atoms with Crippen LogP contribution in [0.3, 0.4) is 0 Å². The van der Waals surface area contributed by atoms with Crippen molar-refractivity contribution in [2.24, 2.45) is 11.7 Å². The van der Waals surface area contributed by atoms with E-state index in [0.717, 1.165) is 25.7 Å². The van der Waals surface area contributed by atoms with Gasteiger partial charge in [0.15, 0.2) is 5.82 Å². The second-order valence-electron chi connectivity index (χ2n) is 13.2. The molecule has 46 heavy (non-hydrogen) atoms. The van der Waals surface area contributed by atoms with E-state index in [0.29, 0.717) is 36.9 Å². The molecule has 4 aliphatic rings. The van der Waals surface area contributed by atoms with E-state index < -0.39 is 68.0 Å². The van der Waals surface area contributed by atoms with Crippen LogP contribution in [0.5, 0.6) is 5.88 Å². The average Bonchev–Trinajstić information content (AvgIpc) is 3.90. The van der Waals surface area contributed by atoms with Gasteiger partial charge in [-0.05, 0) is 64.0 Å². The van der Waals surface area contributed by atoms with Gasteiger partial charge in [-0.15, -0.1) is 0 Å². The van der Waals surface area contributed by atoms with E-state index in [9.17, 15) is 27.2 Å². The summed E-state index contributed by atoms with van der Waals surface area (Å²) >= 11 is 0. The molecule has 6 rings (SSSR count). The molecule has 3 heterocycles. The number of nitrogens with two attached hydrogens (primary N) is 1. The number of allylic oxidation sites excluding steroid dienone is 1. The Kier molecular flexibility index (Phi) is 8.55. The van der Waals surface area contributed by atoms with Gasteiger partial charge in [0, 0.05) is 12.3 Å². The number of amides is 3. The standard InChI is InChI=1S/C32H41FN6O6S/c1-3-23-28(36-26-21(33)11-9-13-24(26)35-23)45-20-16-25-27(40)37-32(30(42)38-46(43,44)31(2)14-15-31)17-19(32)10-7-5-4-6-8-12-22(34)29(41)39(25)18-20/h7,9-11,13,19-20,22,25H,3-6,8,12,14-18,34H2,1-2H3,(H,37,40)(H,38,42). The first kappa shape index (κ1) is 32.3. The van der Waals surface area contributed by atoms with Crippen molar-refractivity contribution in [2.75, 3.05) is 6.54 Å². The highest BCUT2D eigenvalue weighted by Crippen LogP contribution is 2.47. The van der Waals surface area contributed by atoms with Gasteiger partial charge in [-0.25, -0.2) is 22.8 Å². The van der Waals surface area contributed by atoms with Crippen LogP contribution in [0.1, 0.15) is 77.3 Å². The molecule has 3 amide bonds. The lowest BCUT2D eigenvalue weighted by Crippen LogP contribution is -2.58. The predicted octanol–water partition coefficient (Wildman–Crippen LogP) is 2.40. The number of para-hydroxylation sites is 1. The van der Waals surface area contributed by atoms with Crippen molar-refractivity contribution >= 4 is 38.8 Å². The topological polar surface area (TPSA) is 174 Å². The molecule has 2 aliphatic carbocycles. The van der Waals surface area contributed by atoms with Crippen LogP contribution in [0, 0.1) is 11.7 Å². The average molecular weight is 657 g/mol. The molecule has 1 saturated heterocycles. The summed E-state index contributed by atoms with van der Waals surface area (Å²) in [5.74, 6) is -2.64. The van der Waals surface area contributed by atoms with Crippen molar-refractivity contribution in [1.29, 1.82) is 0 Å². The smallest absolute Gasteiger partial charge is 0.259 e. The van der Waals surface area contributed by atoms with Crippen LogP contribution < -0.4 is 20.5 Å². The number of aromatic nitrogens is 2. The van der Waals surface area contributed by atoms with Crippen LogP contribution in [-0.2, 0) is 30.8 Å². The Balaban J connectivity index is 1.28. The van der Waals surface area contributed by atoms with Crippen LogP contribution >= 0.6 is 0 Å². The first-order valence-electron chi connectivity index (χ1n) is 16.1. The molecule has 5 atom stereocenters. The van der Waals surface area contributed by atoms with E-state index in [1.54, 1.807) is 19.1 Å². The molecule has 0 bridgehead atoms. The molecular weight excluding hydrogens is 615 g/mol. The van der Waals surface area contributed by atoms with Crippen molar-refractivity contribution in [3.8, 4) is 5.88 Å². The number of hydrogen-bond donors (Lipinski definition) is 3. The Bertz CT molecular complexity index is 1700. The summed E-state index contributed by atoms with van der Waals surface area (Å²) in [6.45, 7) is 3.47. The number of nitrogens with zero attached hydrogens (tertiary/aromatic N) is 3. The van der Waals surface area contributed by atoms with Crippen molar-refractivity contribution in [1.82, 2.24) is 24.9 Å². The van der Waals surface area contributed by atoms with Crippen LogP contribution in [0.15, 0.2) is 30.4 Å². The zero-order valence-corrected chi connectivity index (χ0v) is 26.9. The third-order valence-electron chi connectivity index (χ3n) is 9.81. The number of benzene rings is 1. The van der Waals surface area contributed by atoms with Crippen molar-refractivity contribution in [3.63, 3.8) is 0 Å². The fourth-order valence-corrected chi connectivity index (χ4v) is 7.70. The Hall–Kier alpha value is -3.65. The van der Waals surface area contributed by atoms with Crippen LogP contribution in [-0.4, -0.2) is 76.0 Å². The number of rotatable bonds is 6. The molecule has 2 saturated carbocycles. The van der Waals surface area contributed by atoms with E-state index in [1.807, 2.05) is 19.1 Å². The van der Waals surface area contributed by atoms with Gasteiger partial charge >= 0.3 is 0 Å². The Morgan fingerprint density at radius 3 is 2.74 bits per heavy atom. The molecule has 1 aromatic carbocycles. The lowest BCUT2D eigenvalue weighted by molar-refractivity contribution is -0.140. The first-order valence-corrected chi connectivity index (χ1v) is 17.6. The van der Waals surface area contributed by atoms with Gasteiger partial charge in [0.05, 0.1) is 22.9 Å². The van der Waals surface area contributed by atoms with Crippen LogP contribution in [0.25, 0.3) is 11.0 Å². The molecule has 248 valence electrons. The number of nitrogens with one attached hydrogen (secondary N) is 2. The molecule has 4 N–H and O–H groups in total. The molecule has 2 aliphatic heterocycles. The quantitative estimate of drug-likeness (QED) is 0.395. The summed E-state index contributed by atoms with van der Waals surface area (Å²) in [6, 6.07) is 2.61. The van der Waals surface area contributed by atoms with Gasteiger partial charge in [0.1, 0.15) is 28.9 Å². The zero-order valence-electron chi connectivity index (χ0n) is 26.1. The summed E-state index contributed by atoms with van der Waals surface area (Å²) in [6.07, 6.45) is 8.39. The maximum atomic E-state index is 14.6. The Morgan fingerprint density at radius 2 is 2.00 bits per heavy atom. The minimum absolute atomic E-state index is 0.0139. The minimum Gasteiger partial charge on any atom is -0.471 e. The summed E-state index contributed by atoms with van der Waals surface area (Å²) in [7, 11) is -3.95. The molecule has 14 heteroatoms. The van der Waals surface area contributed by atoms with Crippen molar-refractivity contribution < 1.29 is 31.9 Å². The maximum absolute atomic E-state index is 14.6. The number of halogens is 1. The van der Waals surface area contributed by atoms with Crippen molar-refractivity contribution in [2.45, 2.75) is 107 Å².